The number of hydrogen-bond donors (Lipinski definition) is 0. The van der Waals surface area contributed by atoms with Gasteiger partial charge in [0.2, 0.25) is 0 Å². The van der Waals surface area contributed by atoms with Crippen molar-refractivity contribution in [3.05, 3.63) is 106 Å². The first-order valence-electron chi connectivity index (χ1n) is 12.5. The van der Waals surface area contributed by atoms with Crippen LogP contribution in [-0.2, 0) is 6.42 Å². The molecule has 0 aliphatic heterocycles. The van der Waals surface area contributed by atoms with Gasteiger partial charge in [-0.3, -0.25) is 14.2 Å². The van der Waals surface area contributed by atoms with Crippen molar-refractivity contribution in [1.29, 1.82) is 0 Å². The van der Waals surface area contributed by atoms with Crippen LogP contribution in [-0.4, -0.2) is 27.4 Å². The highest BCUT2D eigenvalue weighted by Gasteiger charge is 2.27. The Morgan fingerprint density at radius 3 is 2.29 bits per heavy atom. The molecule has 1 amide bonds. The zero-order valence-electron chi connectivity index (χ0n) is 20.8. The lowest BCUT2D eigenvalue weighted by atomic mass is 10.0. The number of para-hydroxylation sites is 2. The Kier molecular flexibility index (Phi) is 7.76. The van der Waals surface area contributed by atoms with Crippen LogP contribution >= 0.6 is 0 Å². The van der Waals surface area contributed by atoms with E-state index in [9.17, 15) is 9.59 Å². The highest BCUT2D eigenvalue weighted by molar-refractivity contribution is 5.94. The normalized spacial score (nSPS) is 12.0. The third kappa shape index (κ3) is 5.19. The summed E-state index contributed by atoms with van der Waals surface area (Å²) >= 11 is 0. The number of unbranched alkanes of at least 4 members (excludes halogenated alkanes) is 2. The number of carbonyl (C=O) groups is 1. The molecule has 4 aromatic rings. The summed E-state index contributed by atoms with van der Waals surface area (Å²) in [5, 5.41) is 0.558. The highest BCUT2D eigenvalue weighted by Crippen LogP contribution is 2.26. The Bertz CT molecular complexity index is 1340. The largest absolute Gasteiger partial charge is 0.332 e. The van der Waals surface area contributed by atoms with Crippen molar-refractivity contribution < 1.29 is 4.79 Å². The van der Waals surface area contributed by atoms with Crippen LogP contribution in [0.5, 0.6) is 0 Å². The van der Waals surface area contributed by atoms with Crippen LogP contribution in [0.3, 0.4) is 0 Å². The van der Waals surface area contributed by atoms with Gasteiger partial charge in [0.15, 0.2) is 0 Å². The number of aromatic nitrogens is 2. The average molecular weight is 468 g/mol. The molecule has 180 valence electrons. The molecule has 0 aliphatic carbocycles. The number of benzene rings is 3. The molecule has 0 saturated heterocycles. The van der Waals surface area contributed by atoms with E-state index >= 15 is 0 Å². The number of aryl methyl sites for hydroxylation is 1. The molecule has 0 saturated carbocycles. The monoisotopic (exact) mass is 467 g/mol. The van der Waals surface area contributed by atoms with E-state index in [2.05, 4.69) is 6.92 Å². The summed E-state index contributed by atoms with van der Waals surface area (Å²) in [6.07, 6.45) is 5.21. The van der Waals surface area contributed by atoms with Crippen LogP contribution in [0, 0.1) is 0 Å². The Hall–Kier alpha value is -3.73. The second-order valence-electron chi connectivity index (χ2n) is 8.96. The summed E-state index contributed by atoms with van der Waals surface area (Å²) in [5.41, 5.74) is 3.13. The third-order valence-electron chi connectivity index (χ3n) is 6.56. The Labute approximate surface area is 207 Å². The number of carbonyl (C=O) groups excluding carboxylic acids is 1. The maximum Gasteiger partial charge on any atom is 0.266 e. The van der Waals surface area contributed by atoms with Crippen molar-refractivity contribution in [3.63, 3.8) is 0 Å². The minimum atomic E-state index is -0.371. The standard InChI is InChI=1S/C30H33N3O2/c1-4-6-8-13-22-18-20-23(21-19-22)29(34)32(3)27(5-2)28-31-26-17-12-11-16-25(26)30(35)33(28)24-14-9-7-10-15-24/h7,9-12,14-21,27H,4-6,8,13H2,1-3H3. The second kappa shape index (κ2) is 11.1. The van der Waals surface area contributed by atoms with E-state index in [0.29, 0.717) is 28.7 Å². The summed E-state index contributed by atoms with van der Waals surface area (Å²) in [6, 6.07) is 24.4. The summed E-state index contributed by atoms with van der Waals surface area (Å²) in [5.74, 6) is 0.480. The first-order chi connectivity index (χ1) is 17.0. The number of amides is 1. The van der Waals surface area contributed by atoms with Gasteiger partial charge in [0.05, 0.1) is 22.6 Å². The predicted octanol–water partition coefficient (Wildman–Crippen LogP) is 6.34. The molecule has 1 heterocycles. The predicted molar refractivity (Wildman–Crippen MR) is 142 cm³/mol. The lowest BCUT2D eigenvalue weighted by Gasteiger charge is -2.29. The Morgan fingerprint density at radius 1 is 0.914 bits per heavy atom. The topological polar surface area (TPSA) is 55.2 Å². The number of nitrogens with zero attached hydrogens (tertiary/aromatic N) is 3. The molecule has 5 nitrogen and oxygen atoms in total. The van der Waals surface area contributed by atoms with Crippen LogP contribution in [0.15, 0.2) is 83.7 Å². The molecular weight excluding hydrogens is 434 g/mol. The lowest BCUT2D eigenvalue weighted by molar-refractivity contribution is 0.0717. The van der Waals surface area contributed by atoms with Crippen LogP contribution in [0.4, 0.5) is 0 Å². The zero-order chi connectivity index (χ0) is 24.8. The smallest absolute Gasteiger partial charge is 0.266 e. The first kappa shape index (κ1) is 24.4. The molecule has 4 rings (SSSR count). The fourth-order valence-corrected chi connectivity index (χ4v) is 4.57. The maximum atomic E-state index is 13.6. The van der Waals surface area contributed by atoms with E-state index in [1.165, 1.54) is 18.4 Å². The minimum absolute atomic E-state index is 0.0843. The maximum absolute atomic E-state index is 13.6. The average Bonchev–Trinajstić information content (AvgIpc) is 2.90. The van der Waals surface area contributed by atoms with Crippen molar-refractivity contribution in [2.24, 2.45) is 0 Å². The molecule has 0 bridgehead atoms. The summed E-state index contributed by atoms with van der Waals surface area (Å²) in [6.45, 7) is 4.21. The number of fused-ring (bicyclic) bond motifs is 1. The molecule has 0 spiro atoms. The molecule has 1 unspecified atom stereocenters. The van der Waals surface area contributed by atoms with E-state index in [-0.39, 0.29) is 17.5 Å². The van der Waals surface area contributed by atoms with E-state index in [1.807, 2.05) is 79.7 Å². The van der Waals surface area contributed by atoms with Crippen molar-refractivity contribution >= 4 is 16.8 Å². The molecule has 0 fully saturated rings. The first-order valence-corrected chi connectivity index (χ1v) is 12.5. The molecule has 1 aromatic heterocycles. The van der Waals surface area contributed by atoms with Crippen molar-refractivity contribution in [1.82, 2.24) is 14.5 Å². The van der Waals surface area contributed by atoms with Gasteiger partial charge >= 0.3 is 0 Å². The summed E-state index contributed by atoms with van der Waals surface area (Å²) < 4.78 is 1.65. The molecule has 35 heavy (non-hydrogen) atoms. The summed E-state index contributed by atoms with van der Waals surface area (Å²) in [4.78, 5) is 33.7. The lowest BCUT2D eigenvalue weighted by Crippen LogP contribution is -2.36. The van der Waals surface area contributed by atoms with Gasteiger partial charge in [0.25, 0.3) is 11.5 Å². The van der Waals surface area contributed by atoms with Gasteiger partial charge in [-0.05, 0) is 61.2 Å². The molecule has 0 radical (unpaired) electrons. The van der Waals surface area contributed by atoms with E-state index in [0.717, 1.165) is 18.5 Å². The van der Waals surface area contributed by atoms with Crippen molar-refractivity contribution in [2.75, 3.05) is 7.05 Å². The van der Waals surface area contributed by atoms with Crippen LogP contribution in [0.25, 0.3) is 16.6 Å². The Morgan fingerprint density at radius 2 is 1.60 bits per heavy atom. The molecule has 1 atom stereocenters. The second-order valence-corrected chi connectivity index (χ2v) is 8.96. The molecule has 0 aliphatic rings. The van der Waals surface area contributed by atoms with Gasteiger partial charge in [0, 0.05) is 12.6 Å². The Balaban J connectivity index is 1.72. The third-order valence-corrected chi connectivity index (χ3v) is 6.56. The van der Waals surface area contributed by atoms with E-state index < -0.39 is 0 Å². The quantitative estimate of drug-likeness (QED) is 0.270. The minimum Gasteiger partial charge on any atom is -0.332 e. The van der Waals surface area contributed by atoms with E-state index in [4.69, 9.17) is 4.98 Å². The van der Waals surface area contributed by atoms with E-state index in [1.54, 1.807) is 22.6 Å². The van der Waals surface area contributed by atoms with Gasteiger partial charge in [-0.25, -0.2) is 4.98 Å². The van der Waals surface area contributed by atoms with Crippen molar-refractivity contribution in [3.8, 4) is 5.69 Å². The summed E-state index contributed by atoms with van der Waals surface area (Å²) in [7, 11) is 1.79. The van der Waals surface area contributed by atoms with Crippen LogP contribution < -0.4 is 5.56 Å². The zero-order valence-corrected chi connectivity index (χ0v) is 20.8. The van der Waals surface area contributed by atoms with Gasteiger partial charge in [-0.2, -0.15) is 0 Å². The van der Waals surface area contributed by atoms with Crippen LogP contribution in [0.2, 0.25) is 0 Å². The van der Waals surface area contributed by atoms with Gasteiger partial charge in [-0.1, -0.05) is 69.2 Å². The molecule has 5 heteroatoms. The molecule has 3 aromatic carbocycles. The molecule has 0 N–H and O–H groups in total. The van der Waals surface area contributed by atoms with Crippen molar-refractivity contribution in [2.45, 2.75) is 52.0 Å². The SMILES string of the molecule is CCCCCc1ccc(C(=O)N(C)C(CC)c2nc3ccccc3c(=O)n2-c2ccccc2)cc1. The fraction of sp³-hybridized carbons (Fsp3) is 0.300. The molecular formula is C30H33N3O2. The van der Waals surface area contributed by atoms with Crippen LogP contribution in [0.1, 0.15) is 67.3 Å². The fourth-order valence-electron chi connectivity index (χ4n) is 4.57. The number of hydrogen-bond acceptors (Lipinski definition) is 3. The van der Waals surface area contributed by atoms with Gasteiger partial charge in [0.1, 0.15) is 5.82 Å². The highest BCUT2D eigenvalue weighted by atomic mass is 16.2. The number of rotatable bonds is 9. The van der Waals surface area contributed by atoms with Gasteiger partial charge < -0.3 is 4.90 Å². The van der Waals surface area contributed by atoms with Gasteiger partial charge in [-0.15, -0.1) is 0 Å².